The number of methoxy groups -OCH3 is 1. The molecule has 0 unspecified atom stereocenters. The Morgan fingerprint density at radius 2 is 1.88 bits per heavy atom. The van der Waals surface area contributed by atoms with Crippen molar-refractivity contribution in [3.05, 3.63) is 58.5 Å². The first-order valence-corrected chi connectivity index (χ1v) is 8.23. The summed E-state index contributed by atoms with van der Waals surface area (Å²) in [5.74, 6) is -1.52. The van der Waals surface area contributed by atoms with E-state index in [2.05, 4.69) is 26.6 Å². The van der Waals surface area contributed by atoms with Gasteiger partial charge < -0.3 is 19.8 Å². The summed E-state index contributed by atoms with van der Waals surface area (Å²) >= 11 is 3.09. The normalized spacial score (nSPS) is 11.4. The van der Waals surface area contributed by atoms with Gasteiger partial charge in [0.1, 0.15) is 6.04 Å². The van der Waals surface area contributed by atoms with Crippen molar-refractivity contribution in [3.8, 4) is 0 Å². The van der Waals surface area contributed by atoms with Crippen molar-refractivity contribution in [1.82, 2.24) is 10.6 Å². The molecule has 0 saturated carbocycles. The fourth-order valence-corrected chi connectivity index (χ4v) is 2.42. The minimum Gasteiger partial charge on any atom is -0.467 e. The van der Waals surface area contributed by atoms with Crippen LogP contribution in [0.5, 0.6) is 0 Å². The number of esters is 1. The standard InChI is InChI=1S/C17H17BrN2O5/c1-24-17(23)12(9-11-5-3-2-4-6-11)20-15(21)10-19-16(22)13-7-8-14(18)25-13/h2-8,12H,9-10H2,1H3,(H,19,22)(H,20,21)/t12-/m0/s1. The molecule has 1 aromatic carbocycles. The van der Waals surface area contributed by atoms with Gasteiger partial charge in [-0.2, -0.15) is 0 Å². The number of nitrogens with one attached hydrogen (secondary N) is 2. The number of halogens is 1. The van der Waals surface area contributed by atoms with Crippen LogP contribution in [0.15, 0.2) is 51.6 Å². The lowest BCUT2D eigenvalue weighted by molar-refractivity contribution is -0.144. The molecule has 1 atom stereocenters. The predicted octanol–water partition coefficient (Wildman–Crippen LogP) is 1.67. The average Bonchev–Trinajstić information content (AvgIpc) is 3.06. The summed E-state index contributed by atoms with van der Waals surface area (Å²) in [7, 11) is 1.25. The van der Waals surface area contributed by atoms with E-state index in [1.807, 2.05) is 30.3 Å². The van der Waals surface area contributed by atoms with Crippen molar-refractivity contribution in [2.24, 2.45) is 0 Å². The number of hydrogen-bond donors (Lipinski definition) is 2. The Hall–Kier alpha value is -2.61. The lowest BCUT2D eigenvalue weighted by Gasteiger charge is -2.16. The topological polar surface area (TPSA) is 97.6 Å². The molecule has 0 aliphatic heterocycles. The summed E-state index contributed by atoms with van der Waals surface area (Å²) in [6.07, 6.45) is 0.290. The molecule has 0 radical (unpaired) electrons. The second-order valence-electron chi connectivity index (χ2n) is 5.12. The van der Waals surface area contributed by atoms with Crippen LogP contribution in [0.1, 0.15) is 16.1 Å². The summed E-state index contributed by atoms with van der Waals surface area (Å²) in [5, 5.41) is 4.98. The van der Waals surface area contributed by atoms with Gasteiger partial charge in [0, 0.05) is 6.42 Å². The summed E-state index contributed by atoms with van der Waals surface area (Å²) in [5.41, 5.74) is 0.877. The molecule has 1 heterocycles. The van der Waals surface area contributed by atoms with E-state index in [0.29, 0.717) is 11.1 Å². The van der Waals surface area contributed by atoms with E-state index in [4.69, 9.17) is 9.15 Å². The maximum absolute atomic E-state index is 12.0. The number of amides is 2. The Labute approximate surface area is 152 Å². The first-order chi connectivity index (χ1) is 12.0. The van der Waals surface area contributed by atoms with Gasteiger partial charge in [0.05, 0.1) is 13.7 Å². The van der Waals surface area contributed by atoms with E-state index >= 15 is 0 Å². The second-order valence-corrected chi connectivity index (χ2v) is 5.90. The Balaban J connectivity index is 1.90. The van der Waals surface area contributed by atoms with E-state index in [1.165, 1.54) is 13.2 Å². The fraction of sp³-hybridized carbons (Fsp3) is 0.235. The van der Waals surface area contributed by atoms with Crippen LogP contribution in [0, 0.1) is 0 Å². The third-order valence-electron chi connectivity index (χ3n) is 3.31. The lowest BCUT2D eigenvalue weighted by atomic mass is 10.1. The molecular formula is C17H17BrN2O5. The van der Waals surface area contributed by atoms with Crippen molar-refractivity contribution >= 4 is 33.7 Å². The van der Waals surface area contributed by atoms with Crippen LogP contribution in [-0.4, -0.2) is 37.5 Å². The Morgan fingerprint density at radius 1 is 1.16 bits per heavy atom. The number of rotatable bonds is 7. The van der Waals surface area contributed by atoms with Crippen LogP contribution in [0.4, 0.5) is 0 Å². The number of hydrogen-bond acceptors (Lipinski definition) is 5. The molecule has 2 rings (SSSR count). The van der Waals surface area contributed by atoms with E-state index < -0.39 is 23.8 Å². The van der Waals surface area contributed by atoms with Crippen molar-refractivity contribution in [1.29, 1.82) is 0 Å². The van der Waals surface area contributed by atoms with Crippen molar-refractivity contribution in [2.45, 2.75) is 12.5 Å². The van der Waals surface area contributed by atoms with Crippen molar-refractivity contribution < 1.29 is 23.5 Å². The third-order valence-corrected chi connectivity index (χ3v) is 3.74. The molecule has 0 spiro atoms. The molecule has 7 nitrogen and oxygen atoms in total. The van der Waals surface area contributed by atoms with Crippen LogP contribution in [0.3, 0.4) is 0 Å². The molecule has 0 fully saturated rings. The van der Waals surface area contributed by atoms with Crippen molar-refractivity contribution in [3.63, 3.8) is 0 Å². The smallest absolute Gasteiger partial charge is 0.328 e. The third kappa shape index (κ3) is 5.75. The zero-order valence-corrected chi connectivity index (χ0v) is 15.0. The molecule has 2 amide bonds. The van der Waals surface area contributed by atoms with Gasteiger partial charge in [0.25, 0.3) is 5.91 Å². The maximum Gasteiger partial charge on any atom is 0.328 e. The quantitative estimate of drug-likeness (QED) is 0.679. The van der Waals surface area contributed by atoms with Gasteiger partial charge in [0.2, 0.25) is 5.91 Å². The van der Waals surface area contributed by atoms with Gasteiger partial charge in [-0.3, -0.25) is 9.59 Å². The lowest BCUT2D eigenvalue weighted by Crippen LogP contribution is -2.47. The molecule has 25 heavy (non-hydrogen) atoms. The average molecular weight is 409 g/mol. The summed E-state index contributed by atoms with van der Waals surface area (Å²) in [6.45, 7) is -0.292. The van der Waals surface area contributed by atoms with Gasteiger partial charge in [-0.1, -0.05) is 30.3 Å². The Kier molecular flexibility index (Phi) is 6.76. The van der Waals surface area contributed by atoms with E-state index in [0.717, 1.165) is 5.56 Å². The molecule has 0 aliphatic carbocycles. The van der Waals surface area contributed by atoms with E-state index in [1.54, 1.807) is 6.07 Å². The van der Waals surface area contributed by atoms with Crippen LogP contribution in [-0.2, 0) is 20.7 Å². The van der Waals surface area contributed by atoms with Crippen LogP contribution in [0.2, 0.25) is 0 Å². The SMILES string of the molecule is COC(=O)[C@H](Cc1ccccc1)NC(=O)CNC(=O)c1ccc(Br)o1. The van der Waals surface area contributed by atoms with Crippen LogP contribution >= 0.6 is 15.9 Å². The molecule has 132 valence electrons. The maximum atomic E-state index is 12.0. The minimum atomic E-state index is -0.838. The zero-order chi connectivity index (χ0) is 18.2. The number of carbonyl (C=O) groups is 3. The van der Waals surface area contributed by atoms with Gasteiger partial charge in [-0.05, 0) is 33.6 Å². The molecule has 8 heteroatoms. The highest BCUT2D eigenvalue weighted by molar-refractivity contribution is 9.10. The number of benzene rings is 1. The summed E-state index contributed by atoms with van der Waals surface area (Å²) in [6, 6.07) is 11.4. The first kappa shape index (κ1) is 18.7. The summed E-state index contributed by atoms with van der Waals surface area (Å²) in [4.78, 5) is 35.7. The van der Waals surface area contributed by atoms with Crippen molar-refractivity contribution in [2.75, 3.05) is 13.7 Å². The van der Waals surface area contributed by atoms with Gasteiger partial charge in [0.15, 0.2) is 10.4 Å². The summed E-state index contributed by atoms with van der Waals surface area (Å²) < 4.78 is 10.2. The molecule has 2 aromatic rings. The van der Waals surface area contributed by atoms with Gasteiger partial charge >= 0.3 is 5.97 Å². The van der Waals surface area contributed by atoms with Gasteiger partial charge in [-0.25, -0.2) is 4.79 Å². The number of furan rings is 1. The Bertz CT molecular complexity index is 745. The highest BCUT2D eigenvalue weighted by Gasteiger charge is 2.22. The molecule has 0 bridgehead atoms. The molecule has 1 aromatic heterocycles. The molecular weight excluding hydrogens is 392 g/mol. The highest BCUT2D eigenvalue weighted by Crippen LogP contribution is 2.13. The predicted molar refractivity (Wildman–Crippen MR) is 92.8 cm³/mol. The fourth-order valence-electron chi connectivity index (χ4n) is 2.11. The minimum absolute atomic E-state index is 0.0773. The van der Waals surface area contributed by atoms with Crippen LogP contribution in [0.25, 0.3) is 0 Å². The molecule has 0 aliphatic rings. The monoisotopic (exact) mass is 408 g/mol. The Morgan fingerprint density at radius 3 is 2.48 bits per heavy atom. The van der Waals surface area contributed by atoms with E-state index in [9.17, 15) is 14.4 Å². The second kappa shape index (κ2) is 9.03. The number of ether oxygens (including phenoxy) is 1. The molecule has 2 N–H and O–H groups in total. The highest BCUT2D eigenvalue weighted by atomic mass is 79.9. The van der Waals surface area contributed by atoms with Gasteiger partial charge in [-0.15, -0.1) is 0 Å². The van der Waals surface area contributed by atoms with Crippen LogP contribution < -0.4 is 10.6 Å². The van der Waals surface area contributed by atoms with E-state index in [-0.39, 0.29) is 12.3 Å². The molecule has 0 saturated heterocycles. The zero-order valence-electron chi connectivity index (χ0n) is 13.5. The largest absolute Gasteiger partial charge is 0.467 e. The number of carbonyl (C=O) groups excluding carboxylic acids is 3. The first-order valence-electron chi connectivity index (χ1n) is 7.44.